The van der Waals surface area contributed by atoms with Crippen molar-refractivity contribution in [1.82, 2.24) is 14.5 Å². The SMILES string of the molecule is [2H]c1nc(-c2[c-]c(-c3cccc4c3nc(-c3ccccc3O)n4-c3ccccc3)ccc2)cc(-c2ccccc2)c1[2H].[Pt]. The molecule has 0 aliphatic heterocycles. The molecule has 2 heterocycles. The van der Waals surface area contributed by atoms with E-state index in [1.165, 1.54) is 0 Å². The second-order valence-electron chi connectivity index (χ2n) is 9.43. The van der Waals surface area contributed by atoms with Crippen LogP contribution >= 0.6 is 0 Å². The number of fused-ring (bicyclic) bond motifs is 1. The van der Waals surface area contributed by atoms with Crippen molar-refractivity contribution in [3.05, 3.63) is 146 Å². The zero-order valence-electron chi connectivity index (χ0n) is 23.7. The number of benzene rings is 5. The second-order valence-corrected chi connectivity index (χ2v) is 9.43. The number of phenolic OH excluding ortho intramolecular Hbond substituents is 1. The van der Waals surface area contributed by atoms with Crippen molar-refractivity contribution in [2.45, 2.75) is 0 Å². The fraction of sp³-hybridized carbons (Fsp3) is 0. The number of rotatable bonds is 5. The summed E-state index contributed by atoms with van der Waals surface area (Å²) in [6, 6.07) is 44.2. The van der Waals surface area contributed by atoms with Crippen LogP contribution in [0.4, 0.5) is 0 Å². The van der Waals surface area contributed by atoms with Crippen molar-refractivity contribution >= 4 is 11.0 Å². The molecule has 7 rings (SSSR count). The van der Waals surface area contributed by atoms with Gasteiger partial charge in [-0.15, -0.1) is 29.8 Å². The third-order valence-corrected chi connectivity index (χ3v) is 6.94. The number of phenols is 1. The predicted molar refractivity (Wildman–Crippen MR) is 161 cm³/mol. The molecule has 0 saturated heterocycles. The largest absolute Gasteiger partial charge is 0.507 e. The fourth-order valence-electron chi connectivity index (χ4n) is 5.04. The Labute approximate surface area is 255 Å². The van der Waals surface area contributed by atoms with Gasteiger partial charge in [-0.1, -0.05) is 90.0 Å². The standard InChI is InChI=1S/C36H24N3O.Pt/c40-34-20-8-7-17-31(34)36-38-35-30(18-10-19-33(35)39(36)29-15-5-2-6-16-29)27-13-9-14-28(23-27)32-24-26(21-22-37-32)25-11-3-1-4-12-25;/h1-22,24,40H;/q-1;/i21D,22D;. The molecule has 0 atom stereocenters. The predicted octanol–water partition coefficient (Wildman–Crippen LogP) is 8.59. The van der Waals surface area contributed by atoms with Gasteiger partial charge in [0.1, 0.15) is 11.6 Å². The van der Waals surface area contributed by atoms with Gasteiger partial charge in [-0.25, -0.2) is 4.98 Å². The van der Waals surface area contributed by atoms with Crippen LogP contribution in [0.1, 0.15) is 2.74 Å². The molecule has 0 radical (unpaired) electrons. The number of pyridine rings is 1. The molecule has 7 aromatic rings. The summed E-state index contributed by atoms with van der Waals surface area (Å²) in [5, 5.41) is 10.8. The Hall–Kier alpha value is -4.79. The molecule has 0 aliphatic rings. The molecule has 1 N–H and O–H groups in total. The van der Waals surface area contributed by atoms with E-state index in [9.17, 15) is 5.11 Å². The van der Waals surface area contributed by atoms with Crippen LogP contribution < -0.4 is 0 Å². The van der Waals surface area contributed by atoms with E-state index in [0.717, 1.165) is 39.0 Å². The van der Waals surface area contributed by atoms with Gasteiger partial charge in [-0.2, -0.15) is 0 Å². The van der Waals surface area contributed by atoms with Crippen LogP contribution in [0, 0.1) is 6.07 Å². The molecule has 41 heavy (non-hydrogen) atoms. The van der Waals surface area contributed by atoms with E-state index in [-0.39, 0.29) is 39.0 Å². The van der Waals surface area contributed by atoms with Gasteiger partial charge in [-0.3, -0.25) is 9.55 Å². The van der Waals surface area contributed by atoms with E-state index in [4.69, 9.17) is 7.73 Å². The topological polar surface area (TPSA) is 50.9 Å². The molecule has 0 saturated carbocycles. The van der Waals surface area contributed by atoms with Gasteiger partial charge in [-0.05, 0) is 47.5 Å². The van der Waals surface area contributed by atoms with Crippen molar-refractivity contribution in [2.75, 3.05) is 0 Å². The Balaban J connectivity index is 0.00000329. The molecular weight excluding hydrogens is 685 g/mol. The van der Waals surface area contributed by atoms with Crippen LogP contribution in [0.25, 0.3) is 61.6 Å². The van der Waals surface area contributed by atoms with Crippen LogP contribution in [-0.4, -0.2) is 19.6 Å². The van der Waals surface area contributed by atoms with Gasteiger partial charge >= 0.3 is 0 Å². The number of hydrogen-bond donors (Lipinski definition) is 1. The summed E-state index contributed by atoms with van der Waals surface area (Å²) in [7, 11) is 0. The zero-order valence-corrected chi connectivity index (χ0v) is 24.0. The molecule has 5 aromatic carbocycles. The third kappa shape index (κ3) is 4.99. The molecule has 0 spiro atoms. The second kappa shape index (κ2) is 11.4. The van der Waals surface area contributed by atoms with Gasteiger partial charge in [0.2, 0.25) is 0 Å². The molecule has 0 aliphatic carbocycles. The first-order valence-corrected chi connectivity index (χ1v) is 13.0. The molecule has 5 heteroatoms. The van der Waals surface area contributed by atoms with E-state index in [2.05, 4.69) is 15.6 Å². The fourth-order valence-corrected chi connectivity index (χ4v) is 5.04. The normalized spacial score (nSPS) is 11.5. The van der Waals surface area contributed by atoms with Crippen molar-refractivity contribution in [2.24, 2.45) is 0 Å². The maximum absolute atomic E-state index is 10.8. The minimum absolute atomic E-state index is 0. The summed E-state index contributed by atoms with van der Waals surface area (Å²) >= 11 is 0. The first kappa shape index (κ1) is 24.0. The van der Waals surface area contributed by atoms with Crippen molar-refractivity contribution < 1.29 is 28.9 Å². The number of para-hydroxylation sites is 3. The summed E-state index contributed by atoms with van der Waals surface area (Å²) in [4.78, 5) is 9.52. The minimum atomic E-state index is -0.0822. The van der Waals surface area contributed by atoms with E-state index in [1.54, 1.807) is 12.1 Å². The van der Waals surface area contributed by atoms with E-state index >= 15 is 0 Å². The van der Waals surface area contributed by atoms with Gasteiger partial charge in [0.05, 0.1) is 19.3 Å². The summed E-state index contributed by atoms with van der Waals surface area (Å²) in [6.45, 7) is 0. The molecule has 0 fully saturated rings. The molecule has 4 nitrogen and oxygen atoms in total. The molecular formula is C36H24N3OPt-. The number of aromatic nitrogens is 3. The quantitative estimate of drug-likeness (QED) is 0.182. The van der Waals surface area contributed by atoms with Gasteiger partial charge in [0, 0.05) is 38.6 Å². The van der Waals surface area contributed by atoms with Gasteiger partial charge in [0.15, 0.2) is 0 Å². The number of aromatic hydroxyl groups is 1. The number of nitrogens with zero attached hydrogens (tertiary/aromatic N) is 3. The van der Waals surface area contributed by atoms with E-state index in [0.29, 0.717) is 22.6 Å². The van der Waals surface area contributed by atoms with Crippen molar-refractivity contribution in [3.8, 4) is 56.3 Å². The smallest absolute Gasteiger partial charge is 0.148 e. The van der Waals surface area contributed by atoms with Crippen LogP contribution in [0.5, 0.6) is 5.75 Å². The maximum Gasteiger partial charge on any atom is 0.148 e. The molecule has 2 aromatic heterocycles. The Bertz CT molecular complexity index is 2080. The van der Waals surface area contributed by atoms with E-state index in [1.807, 2.05) is 115 Å². The Kier molecular flexibility index (Phi) is 6.66. The van der Waals surface area contributed by atoms with E-state index < -0.39 is 0 Å². The van der Waals surface area contributed by atoms with Crippen LogP contribution in [0.15, 0.2) is 140 Å². The maximum atomic E-state index is 10.8. The summed E-state index contributed by atoms with van der Waals surface area (Å²) < 4.78 is 18.9. The molecule has 0 amide bonds. The Morgan fingerprint density at radius 3 is 2.17 bits per heavy atom. The Morgan fingerprint density at radius 2 is 1.37 bits per heavy atom. The first-order chi connectivity index (χ1) is 20.6. The molecule has 0 bridgehead atoms. The average Bonchev–Trinajstić information content (AvgIpc) is 3.43. The molecule has 200 valence electrons. The molecule has 0 unspecified atom stereocenters. The summed E-state index contributed by atoms with van der Waals surface area (Å²) in [5.41, 5.74) is 7.76. The van der Waals surface area contributed by atoms with Crippen molar-refractivity contribution in [3.63, 3.8) is 0 Å². The minimum Gasteiger partial charge on any atom is -0.507 e. The van der Waals surface area contributed by atoms with Crippen molar-refractivity contribution in [1.29, 1.82) is 0 Å². The van der Waals surface area contributed by atoms with Gasteiger partial charge in [0.25, 0.3) is 0 Å². The summed E-state index contributed by atoms with van der Waals surface area (Å²) in [5.74, 6) is 0.793. The average molecular weight is 712 g/mol. The summed E-state index contributed by atoms with van der Waals surface area (Å²) in [6.07, 6.45) is -0.0822. The monoisotopic (exact) mass is 711 g/mol. The number of imidazole rings is 1. The first-order valence-electron chi connectivity index (χ1n) is 14.0. The van der Waals surface area contributed by atoms with Crippen LogP contribution in [0.3, 0.4) is 0 Å². The third-order valence-electron chi connectivity index (χ3n) is 6.94. The van der Waals surface area contributed by atoms with Crippen LogP contribution in [0.2, 0.25) is 0 Å². The van der Waals surface area contributed by atoms with Gasteiger partial charge < -0.3 is 5.11 Å². The Morgan fingerprint density at radius 1 is 0.683 bits per heavy atom. The number of hydrogen-bond acceptors (Lipinski definition) is 3. The van der Waals surface area contributed by atoms with Crippen LogP contribution in [-0.2, 0) is 21.1 Å². The zero-order chi connectivity index (χ0) is 28.6.